The van der Waals surface area contributed by atoms with Gasteiger partial charge < -0.3 is 19.7 Å². The van der Waals surface area contributed by atoms with Gasteiger partial charge in [0.15, 0.2) is 15.8 Å². The molecule has 28 heavy (non-hydrogen) atoms. The van der Waals surface area contributed by atoms with Crippen LogP contribution in [0.2, 0.25) is 0 Å². The molecule has 0 bridgehead atoms. The van der Waals surface area contributed by atoms with Crippen LogP contribution in [0.25, 0.3) is 6.08 Å². The van der Waals surface area contributed by atoms with Gasteiger partial charge in [0.2, 0.25) is 0 Å². The van der Waals surface area contributed by atoms with Crippen molar-refractivity contribution in [2.24, 2.45) is 5.10 Å². The minimum atomic E-state index is -0.368. The van der Waals surface area contributed by atoms with Gasteiger partial charge >= 0.3 is 0 Å². The number of hydrogen-bond acceptors (Lipinski definition) is 8. The molecule has 0 saturated carbocycles. The monoisotopic (exact) mass is 416 g/mol. The normalized spacial score (nSPS) is 15.6. The summed E-state index contributed by atoms with van der Waals surface area (Å²) in [6.45, 7) is 0. The van der Waals surface area contributed by atoms with Gasteiger partial charge in [-0.2, -0.15) is 10.1 Å². The molecule has 0 aliphatic carbocycles. The fourth-order valence-electron chi connectivity index (χ4n) is 2.38. The van der Waals surface area contributed by atoms with Crippen LogP contribution in [0.5, 0.6) is 23.0 Å². The Morgan fingerprint density at radius 1 is 1.11 bits per heavy atom. The van der Waals surface area contributed by atoms with E-state index in [0.717, 1.165) is 16.8 Å². The fourth-order valence-corrected chi connectivity index (χ4v) is 3.55. The number of thiocarbonyl (C=S) groups is 1. The average Bonchev–Trinajstić information content (AvgIpc) is 2.96. The Hall–Kier alpha value is -3.04. The minimum absolute atomic E-state index is 0.237. The summed E-state index contributed by atoms with van der Waals surface area (Å²) >= 11 is 6.37. The highest BCUT2D eigenvalue weighted by molar-refractivity contribution is 8.26. The highest BCUT2D eigenvalue weighted by Crippen LogP contribution is 2.35. The van der Waals surface area contributed by atoms with E-state index in [1.54, 1.807) is 37.5 Å². The molecule has 1 aliphatic heterocycles. The lowest BCUT2D eigenvalue weighted by molar-refractivity contribution is -0.122. The number of hydrogen-bond donors (Lipinski definition) is 2. The highest BCUT2D eigenvalue weighted by Gasteiger charge is 2.32. The quantitative estimate of drug-likeness (QED) is 0.334. The Bertz CT molecular complexity index is 1000. The lowest BCUT2D eigenvalue weighted by Crippen LogP contribution is -2.22. The molecule has 0 spiro atoms. The molecule has 2 aromatic carbocycles. The van der Waals surface area contributed by atoms with Crippen LogP contribution in [0.3, 0.4) is 0 Å². The molecule has 3 rings (SSSR count). The van der Waals surface area contributed by atoms with Gasteiger partial charge in [-0.3, -0.25) is 4.79 Å². The van der Waals surface area contributed by atoms with Crippen molar-refractivity contribution in [1.82, 2.24) is 5.01 Å². The van der Waals surface area contributed by atoms with Crippen LogP contribution in [-0.2, 0) is 4.79 Å². The van der Waals surface area contributed by atoms with Crippen LogP contribution in [0.4, 0.5) is 0 Å². The molecule has 9 heteroatoms. The molecule has 0 atom stereocenters. The van der Waals surface area contributed by atoms with E-state index in [9.17, 15) is 15.0 Å². The van der Waals surface area contributed by atoms with E-state index in [1.807, 2.05) is 0 Å². The van der Waals surface area contributed by atoms with Gasteiger partial charge in [-0.05, 0) is 54.2 Å². The Morgan fingerprint density at radius 2 is 1.89 bits per heavy atom. The van der Waals surface area contributed by atoms with E-state index < -0.39 is 0 Å². The number of carbonyl (C=O) groups excluding carboxylic acids is 1. The van der Waals surface area contributed by atoms with Crippen molar-refractivity contribution in [2.45, 2.75) is 0 Å². The van der Waals surface area contributed by atoms with Gasteiger partial charge in [0.1, 0.15) is 11.5 Å². The average molecular weight is 416 g/mol. The number of methoxy groups -OCH3 is 2. The maximum absolute atomic E-state index is 12.7. The number of rotatable bonds is 5. The Morgan fingerprint density at radius 3 is 2.57 bits per heavy atom. The zero-order chi connectivity index (χ0) is 20.3. The predicted molar refractivity (Wildman–Crippen MR) is 112 cm³/mol. The number of aromatic hydroxyl groups is 2. The van der Waals surface area contributed by atoms with Crippen molar-refractivity contribution >= 4 is 46.5 Å². The molecular weight excluding hydrogens is 400 g/mol. The van der Waals surface area contributed by atoms with Crippen LogP contribution >= 0.6 is 24.0 Å². The second kappa shape index (κ2) is 8.32. The zero-order valence-electron chi connectivity index (χ0n) is 14.9. The summed E-state index contributed by atoms with van der Waals surface area (Å²) in [5.41, 5.74) is 1.21. The lowest BCUT2D eigenvalue weighted by Gasteiger charge is -2.08. The number of phenolic OH excluding ortho intramolecular Hbond substituents is 2. The van der Waals surface area contributed by atoms with Gasteiger partial charge in [-0.1, -0.05) is 11.8 Å². The summed E-state index contributed by atoms with van der Waals surface area (Å²) in [4.78, 5) is 13.1. The van der Waals surface area contributed by atoms with Crippen molar-refractivity contribution in [3.63, 3.8) is 0 Å². The summed E-state index contributed by atoms with van der Waals surface area (Å²) in [6, 6.07) is 9.49. The second-order valence-electron chi connectivity index (χ2n) is 5.59. The van der Waals surface area contributed by atoms with Gasteiger partial charge in [0.05, 0.1) is 25.3 Å². The second-order valence-corrected chi connectivity index (χ2v) is 7.27. The number of phenols is 2. The van der Waals surface area contributed by atoms with Gasteiger partial charge in [0, 0.05) is 11.6 Å². The van der Waals surface area contributed by atoms with E-state index in [1.165, 1.54) is 25.5 Å². The van der Waals surface area contributed by atoms with Gasteiger partial charge in [0.25, 0.3) is 5.91 Å². The van der Waals surface area contributed by atoms with E-state index in [2.05, 4.69) is 5.10 Å². The number of benzene rings is 2. The molecule has 2 N–H and O–H groups in total. The molecule has 144 valence electrons. The number of amides is 1. The van der Waals surface area contributed by atoms with Gasteiger partial charge in [-0.15, -0.1) is 0 Å². The molecule has 1 amide bonds. The van der Waals surface area contributed by atoms with Crippen molar-refractivity contribution in [1.29, 1.82) is 0 Å². The van der Waals surface area contributed by atoms with Crippen molar-refractivity contribution in [2.75, 3.05) is 14.2 Å². The standard InChI is InChI=1S/C19H16N2O5S2/c1-25-13-5-4-12(16(9-13)26-2)8-17-18(24)21(19(27)28-17)20-10-11-3-6-14(22)15(23)7-11/h3-10,22-23H,1-2H3/b17-8+,20-10+. The zero-order valence-corrected chi connectivity index (χ0v) is 16.6. The summed E-state index contributed by atoms with van der Waals surface area (Å²) in [5, 5.41) is 24.1. The Balaban J connectivity index is 1.84. The first kappa shape index (κ1) is 19.7. The Kier molecular flexibility index (Phi) is 5.86. The first-order valence-corrected chi connectivity index (χ1v) is 9.21. The smallest absolute Gasteiger partial charge is 0.286 e. The number of nitrogens with zero attached hydrogens (tertiary/aromatic N) is 2. The number of ether oxygens (including phenoxy) is 2. The molecule has 1 aliphatic rings. The van der Waals surface area contributed by atoms with Crippen LogP contribution in [0.1, 0.15) is 11.1 Å². The molecule has 0 radical (unpaired) electrons. The maximum atomic E-state index is 12.7. The third kappa shape index (κ3) is 4.10. The highest BCUT2D eigenvalue weighted by atomic mass is 32.2. The molecular formula is C19H16N2O5S2. The summed E-state index contributed by atoms with van der Waals surface area (Å²) in [6.07, 6.45) is 3.06. The Labute approximate surface area is 170 Å². The first-order chi connectivity index (χ1) is 13.4. The topological polar surface area (TPSA) is 91.6 Å². The van der Waals surface area contributed by atoms with Crippen molar-refractivity contribution in [3.05, 3.63) is 52.4 Å². The SMILES string of the molecule is COc1ccc(/C=C2/SC(=S)N(/N=C/c3ccc(O)c(O)c3)C2=O)c(OC)c1. The van der Waals surface area contributed by atoms with E-state index in [4.69, 9.17) is 21.7 Å². The largest absolute Gasteiger partial charge is 0.504 e. The summed E-state index contributed by atoms with van der Waals surface area (Å²) in [7, 11) is 3.10. The fraction of sp³-hybridized carbons (Fsp3) is 0.105. The van der Waals surface area contributed by atoms with Crippen LogP contribution < -0.4 is 9.47 Å². The van der Waals surface area contributed by atoms with Crippen LogP contribution in [0, 0.1) is 0 Å². The predicted octanol–water partition coefficient (Wildman–Crippen LogP) is 3.35. The van der Waals surface area contributed by atoms with Crippen LogP contribution in [0.15, 0.2) is 46.4 Å². The summed E-state index contributed by atoms with van der Waals surface area (Å²) in [5.74, 6) is 0.322. The number of hydrazone groups is 1. The first-order valence-electron chi connectivity index (χ1n) is 7.99. The maximum Gasteiger partial charge on any atom is 0.286 e. The van der Waals surface area contributed by atoms with Gasteiger partial charge in [-0.25, -0.2) is 0 Å². The molecule has 1 saturated heterocycles. The third-order valence-electron chi connectivity index (χ3n) is 3.82. The molecule has 1 heterocycles. The van der Waals surface area contributed by atoms with E-state index >= 15 is 0 Å². The van der Waals surface area contributed by atoms with Crippen LogP contribution in [-0.4, -0.2) is 45.9 Å². The lowest BCUT2D eigenvalue weighted by atomic mass is 10.1. The van der Waals surface area contributed by atoms with E-state index in [0.29, 0.717) is 27.5 Å². The summed E-state index contributed by atoms with van der Waals surface area (Å²) < 4.78 is 10.8. The minimum Gasteiger partial charge on any atom is -0.504 e. The number of carbonyl (C=O) groups is 1. The molecule has 0 aromatic heterocycles. The van der Waals surface area contributed by atoms with E-state index in [-0.39, 0.29) is 21.7 Å². The molecule has 1 fully saturated rings. The van der Waals surface area contributed by atoms with Crippen molar-refractivity contribution in [3.8, 4) is 23.0 Å². The third-order valence-corrected chi connectivity index (χ3v) is 5.11. The number of thioether (sulfide) groups is 1. The molecule has 0 unspecified atom stereocenters. The molecule has 2 aromatic rings. The van der Waals surface area contributed by atoms with Crippen molar-refractivity contribution < 1.29 is 24.5 Å². The molecule has 7 nitrogen and oxygen atoms in total.